The van der Waals surface area contributed by atoms with Gasteiger partial charge in [0, 0.05) is 25.2 Å². The predicted molar refractivity (Wildman–Crippen MR) is 66.7 cm³/mol. The molecule has 0 aliphatic rings. The van der Waals surface area contributed by atoms with Gasteiger partial charge in [0.1, 0.15) is 12.4 Å². The minimum absolute atomic E-state index is 0.0466. The van der Waals surface area contributed by atoms with Crippen molar-refractivity contribution >= 4 is 0 Å². The van der Waals surface area contributed by atoms with Gasteiger partial charge in [0.25, 0.3) is 0 Å². The summed E-state index contributed by atoms with van der Waals surface area (Å²) in [5.74, 6) is 0.861. The number of nitrogens with one attached hydrogen (secondary N) is 1. The fourth-order valence-electron chi connectivity index (χ4n) is 1.35. The number of furan rings is 1. The molecule has 4 heteroatoms. The third-order valence-corrected chi connectivity index (χ3v) is 2.50. The topological polar surface area (TPSA) is 54.6 Å². The third kappa shape index (κ3) is 6.46. The van der Waals surface area contributed by atoms with Crippen molar-refractivity contribution in [3.8, 4) is 0 Å². The van der Waals surface area contributed by atoms with Crippen LogP contribution in [0.15, 0.2) is 22.8 Å². The van der Waals surface area contributed by atoms with Gasteiger partial charge in [-0.1, -0.05) is 13.8 Å². The van der Waals surface area contributed by atoms with E-state index in [4.69, 9.17) is 14.3 Å². The molecule has 17 heavy (non-hydrogen) atoms. The second-order valence-electron chi connectivity index (χ2n) is 4.98. The quantitative estimate of drug-likeness (QED) is 0.647. The first-order chi connectivity index (χ1) is 8.14. The molecule has 0 amide bonds. The van der Waals surface area contributed by atoms with Gasteiger partial charge in [0.15, 0.2) is 0 Å². The van der Waals surface area contributed by atoms with Crippen LogP contribution in [0.5, 0.6) is 0 Å². The van der Waals surface area contributed by atoms with Crippen molar-refractivity contribution in [1.29, 1.82) is 0 Å². The smallest absolute Gasteiger partial charge is 0.129 e. The lowest BCUT2D eigenvalue weighted by atomic mass is 9.95. The standard InChI is InChI=1S/C13H23NO3/c1-13(2,11-15)10-14-6-4-7-16-9-12-5-3-8-17-12/h3,5,8,14-15H,4,6-7,9-11H2,1-2H3. The van der Waals surface area contributed by atoms with Gasteiger partial charge in [0.05, 0.1) is 6.26 Å². The zero-order chi connectivity index (χ0) is 12.6. The highest BCUT2D eigenvalue weighted by molar-refractivity contribution is 4.95. The molecule has 1 heterocycles. The zero-order valence-electron chi connectivity index (χ0n) is 10.7. The highest BCUT2D eigenvalue weighted by Crippen LogP contribution is 2.10. The fourth-order valence-corrected chi connectivity index (χ4v) is 1.35. The lowest BCUT2D eigenvalue weighted by Crippen LogP contribution is -2.33. The van der Waals surface area contributed by atoms with Crippen molar-refractivity contribution in [3.05, 3.63) is 24.2 Å². The average molecular weight is 241 g/mol. The van der Waals surface area contributed by atoms with E-state index < -0.39 is 0 Å². The summed E-state index contributed by atoms with van der Waals surface area (Å²) in [6, 6.07) is 3.76. The summed E-state index contributed by atoms with van der Waals surface area (Å²) in [4.78, 5) is 0. The first-order valence-corrected chi connectivity index (χ1v) is 6.06. The monoisotopic (exact) mass is 241 g/mol. The normalized spacial score (nSPS) is 11.9. The van der Waals surface area contributed by atoms with Crippen LogP contribution in [0.3, 0.4) is 0 Å². The summed E-state index contributed by atoms with van der Waals surface area (Å²) in [6.45, 7) is 7.25. The van der Waals surface area contributed by atoms with Gasteiger partial charge in [-0.2, -0.15) is 0 Å². The third-order valence-electron chi connectivity index (χ3n) is 2.50. The van der Waals surface area contributed by atoms with Crippen LogP contribution >= 0.6 is 0 Å². The molecule has 1 aromatic heterocycles. The summed E-state index contributed by atoms with van der Waals surface area (Å²) >= 11 is 0. The zero-order valence-corrected chi connectivity index (χ0v) is 10.7. The predicted octanol–water partition coefficient (Wildman–Crippen LogP) is 1.79. The summed E-state index contributed by atoms with van der Waals surface area (Å²) in [5.41, 5.74) is -0.0466. The van der Waals surface area contributed by atoms with Crippen molar-refractivity contribution in [2.75, 3.05) is 26.3 Å². The van der Waals surface area contributed by atoms with Gasteiger partial charge in [0.2, 0.25) is 0 Å². The van der Waals surface area contributed by atoms with Crippen LogP contribution in [0, 0.1) is 5.41 Å². The van der Waals surface area contributed by atoms with Gasteiger partial charge in [-0.05, 0) is 25.1 Å². The number of hydrogen-bond acceptors (Lipinski definition) is 4. The van der Waals surface area contributed by atoms with Crippen molar-refractivity contribution in [3.63, 3.8) is 0 Å². The molecule has 0 saturated heterocycles. The molecule has 0 aromatic carbocycles. The Morgan fingerprint density at radius 3 is 2.94 bits per heavy atom. The summed E-state index contributed by atoms with van der Waals surface area (Å²) in [5, 5.41) is 12.4. The van der Waals surface area contributed by atoms with E-state index in [-0.39, 0.29) is 12.0 Å². The van der Waals surface area contributed by atoms with E-state index in [1.807, 2.05) is 26.0 Å². The Morgan fingerprint density at radius 1 is 1.47 bits per heavy atom. The largest absolute Gasteiger partial charge is 0.467 e. The molecule has 0 atom stereocenters. The number of aliphatic hydroxyl groups is 1. The van der Waals surface area contributed by atoms with Crippen LogP contribution < -0.4 is 5.32 Å². The van der Waals surface area contributed by atoms with Crippen molar-refractivity contribution in [1.82, 2.24) is 5.32 Å². The van der Waals surface area contributed by atoms with Gasteiger partial charge >= 0.3 is 0 Å². The summed E-state index contributed by atoms with van der Waals surface area (Å²) in [6.07, 6.45) is 2.61. The Bertz CT molecular complexity index is 283. The van der Waals surface area contributed by atoms with Crippen LogP contribution in [-0.2, 0) is 11.3 Å². The molecule has 98 valence electrons. The van der Waals surface area contributed by atoms with Crippen LogP contribution in [0.2, 0.25) is 0 Å². The first-order valence-electron chi connectivity index (χ1n) is 6.06. The molecule has 2 N–H and O–H groups in total. The number of hydrogen-bond donors (Lipinski definition) is 2. The minimum atomic E-state index is -0.0466. The van der Waals surface area contributed by atoms with E-state index in [2.05, 4.69) is 5.32 Å². The SMILES string of the molecule is CC(C)(CO)CNCCCOCc1ccco1. The van der Waals surface area contributed by atoms with E-state index in [0.717, 1.165) is 25.3 Å². The molecule has 0 aliphatic carbocycles. The average Bonchev–Trinajstić information content (AvgIpc) is 2.81. The van der Waals surface area contributed by atoms with Gasteiger partial charge in [-0.25, -0.2) is 0 Å². The lowest BCUT2D eigenvalue weighted by Gasteiger charge is -2.21. The van der Waals surface area contributed by atoms with Gasteiger partial charge < -0.3 is 19.6 Å². The van der Waals surface area contributed by atoms with E-state index in [1.165, 1.54) is 0 Å². The van der Waals surface area contributed by atoms with Gasteiger partial charge in [-0.15, -0.1) is 0 Å². The molecule has 0 fully saturated rings. The molecule has 0 bridgehead atoms. The van der Waals surface area contributed by atoms with E-state index in [1.54, 1.807) is 6.26 Å². The van der Waals surface area contributed by atoms with Crippen LogP contribution in [0.1, 0.15) is 26.0 Å². The van der Waals surface area contributed by atoms with Crippen LogP contribution in [0.4, 0.5) is 0 Å². The van der Waals surface area contributed by atoms with Crippen LogP contribution in [0.25, 0.3) is 0 Å². The van der Waals surface area contributed by atoms with Gasteiger partial charge in [-0.3, -0.25) is 0 Å². The maximum Gasteiger partial charge on any atom is 0.129 e. The Kier molecular flexibility index (Phi) is 6.26. The summed E-state index contributed by atoms with van der Waals surface area (Å²) < 4.78 is 10.6. The minimum Gasteiger partial charge on any atom is -0.467 e. The number of aliphatic hydroxyl groups excluding tert-OH is 1. The Hall–Kier alpha value is -0.840. The number of ether oxygens (including phenoxy) is 1. The molecule has 0 aliphatic heterocycles. The molecule has 0 unspecified atom stereocenters. The molecule has 4 nitrogen and oxygen atoms in total. The molecule has 1 aromatic rings. The Balaban J connectivity index is 1.91. The second-order valence-corrected chi connectivity index (χ2v) is 4.98. The number of rotatable bonds is 9. The van der Waals surface area contributed by atoms with Crippen molar-refractivity contribution in [2.24, 2.45) is 5.41 Å². The molecule has 0 spiro atoms. The molecule has 1 rings (SSSR count). The molecule has 0 saturated carbocycles. The molecule has 0 radical (unpaired) electrons. The molecular weight excluding hydrogens is 218 g/mol. The second kappa shape index (κ2) is 7.48. The fraction of sp³-hybridized carbons (Fsp3) is 0.692. The van der Waals surface area contributed by atoms with Crippen LogP contribution in [-0.4, -0.2) is 31.4 Å². The van der Waals surface area contributed by atoms with Crippen molar-refractivity contribution < 1.29 is 14.3 Å². The summed E-state index contributed by atoms with van der Waals surface area (Å²) in [7, 11) is 0. The maximum absolute atomic E-state index is 9.07. The first kappa shape index (κ1) is 14.2. The highest BCUT2D eigenvalue weighted by Gasteiger charge is 2.14. The Labute approximate surface area is 103 Å². The maximum atomic E-state index is 9.07. The van der Waals surface area contributed by atoms with Crippen molar-refractivity contribution in [2.45, 2.75) is 26.9 Å². The van der Waals surface area contributed by atoms with E-state index in [0.29, 0.717) is 13.2 Å². The lowest BCUT2D eigenvalue weighted by molar-refractivity contribution is 0.102. The molecular formula is C13H23NO3. The Morgan fingerprint density at radius 2 is 2.29 bits per heavy atom. The van der Waals surface area contributed by atoms with E-state index in [9.17, 15) is 0 Å². The van der Waals surface area contributed by atoms with E-state index >= 15 is 0 Å². The highest BCUT2D eigenvalue weighted by atomic mass is 16.5.